The Kier molecular flexibility index (Phi) is 3.09. The minimum absolute atomic E-state index is 0.206. The molecule has 2 aliphatic carbocycles. The molecule has 2 bridgehead atoms. The maximum absolute atomic E-state index is 13.8. The first-order chi connectivity index (χ1) is 9.36. The van der Waals surface area contributed by atoms with Crippen LogP contribution in [0, 0.1) is 22.6 Å². The van der Waals surface area contributed by atoms with Gasteiger partial charge in [-0.2, -0.15) is 0 Å². The van der Waals surface area contributed by atoms with Crippen LogP contribution in [0.2, 0.25) is 0 Å². The number of nitrogen functional groups attached to an aromatic ring is 1. The average molecular weight is 277 g/mol. The molecule has 0 saturated heterocycles. The van der Waals surface area contributed by atoms with Crippen LogP contribution in [0.25, 0.3) is 0 Å². The molecule has 2 nitrogen and oxygen atoms in total. The SMILES string of the molecule is CC1(C)C2CCC1(C)C(OCc1c(N)cccc1F)C2. The zero-order valence-corrected chi connectivity index (χ0v) is 12.6. The van der Waals surface area contributed by atoms with Crippen molar-refractivity contribution in [3.05, 3.63) is 29.6 Å². The van der Waals surface area contributed by atoms with Gasteiger partial charge in [0.05, 0.1) is 12.7 Å². The predicted octanol–water partition coefficient (Wildman–Crippen LogP) is 4.14. The Morgan fingerprint density at radius 1 is 1.35 bits per heavy atom. The second kappa shape index (κ2) is 4.45. The summed E-state index contributed by atoms with van der Waals surface area (Å²) in [5.41, 5.74) is 7.35. The van der Waals surface area contributed by atoms with Gasteiger partial charge >= 0.3 is 0 Å². The van der Waals surface area contributed by atoms with E-state index in [2.05, 4.69) is 20.8 Å². The Morgan fingerprint density at radius 3 is 2.65 bits per heavy atom. The fraction of sp³-hybridized carbons (Fsp3) is 0.647. The molecule has 2 saturated carbocycles. The summed E-state index contributed by atoms with van der Waals surface area (Å²) in [6.45, 7) is 7.31. The van der Waals surface area contributed by atoms with E-state index in [1.54, 1.807) is 12.1 Å². The van der Waals surface area contributed by atoms with Crippen molar-refractivity contribution in [1.29, 1.82) is 0 Å². The number of benzene rings is 1. The number of fused-ring (bicyclic) bond motifs is 2. The molecule has 3 unspecified atom stereocenters. The van der Waals surface area contributed by atoms with Crippen LogP contribution in [0.15, 0.2) is 18.2 Å². The minimum Gasteiger partial charge on any atom is -0.398 e. The maximum atomic E-state index is 13.8. The Balaban J connectivity index is 1.75. The third-order valence-electron chi connectivity index (χ3n) is 6.30. The predicted molar refractivity (Wildman–Crippen MR) is 78.6 cm³/mol. The molecule has 2 N–H and O–H groups in total. The summed E-state index contributed by atoms with van der Waals surface area (Å²) in [6, 6.07) is 4.81. The van der Waals surface area contributed by atoms with E-state index in [1.807, 2.05) is 0 Å². The van der Waals surface area contributed by atoms with Crippen molar-refractivity contribution in [3.8, 4) is 0 Å². The lowest BCUT2D eigenvalue weighted by molar-refractivity contribution is -0.0555. The number of halogens is 1. The molecule has 0 spiro atoms. The molecule has 0 heterocycles. The zero-order valence-electron chi connectivity index (χ0n) is 12.6. The van der Waals surface area contributed by atoms with Gasteiger partial charge in [0.2, 0.25) is 0 Å². The van der Waals surface area contributed by atoms with E-state index < -0.39 is 0 Å². The first-order valence-corrected chi connectivity index (χ1v) is 7.51. The number of hydrogen-bond donors (Lipinski definition) is 1. The molecule has 3 heteroatoms. The molecule has 3 rings (SSSR count). The van der Waals surface area contributed by atoms with Crippen molar-refractivity contribution in [2.24, 2.45) is 16.7 Å². The second-order valence-corrected chi connectivity index (χ2v) is 7.22. The third-order valence-corrected chi connectivity index (χ3v) is 6.30. The Morgan fingerprint density at radius 2 is 2.10 bits per heavy atom. The van der Waals surface area contributed by atoms with E-state index >= 15 is 0 Å². The molecule has 2 aliphatic rings. The third kappa shape index (κ3) is 1.79. The summed E-state index contributed by atoms with van der Waals surface area (Å²) < 4.78 is 19.9. The molecule has 0 aromatic heterocycles. The number of ether oxygens (including phenoxy) is 1. The second-order valence-electron chi connectivity index (χ2n) is 7.22. The van der Waals surface area contributed by atoms with Gasteiger partial charge in [0, 0.05) is 11.3 Å². The average Bonchev–Trinajstić information content (AvgIpc) is 2.71. The van der Waals surface area contributed by atoms with Gasteiger partial charge in [-0.3, -0.25) is 0 Å². The van der Waals surface area contributed by atoms with Gasteiger partial charge in [-0.1, -0.05) is 26.8 Å². The van der Waals surface area contributed by atoms with Crippen LogP contribution in [0.4, 0.5) is 10.1 Å². The first kappa shape index (κ1) is 13.9. The standard InChI is InChI=1S/C17H24FNO/c1-16(2)11-7-8-17(16,3)15(9-11)20-10-12-13(18)5-4-6-14(12)19/h4-6,11,15H,7-10,19H2,1-3H3. The van der Waals surface area contributed by atoms with Crippen molar-refractivity contribution in [2.45, 2.75) is 52.7 Å². The number of nitrogens with two attached hydrogens (primary N) is 1. The molecule has 0 radical (unpaired) electrons. The molecule has 2 fully saturated rings. The van der Waals surface area contributed by atoms with Crippen LogP contribution in [-0.4, -0.2) is 6.10 Å². The quantitative estimate of drug-likeness (QED) is 0.843. The van der Waals surface area contributed by atoms with Crippen LogP contribution >= 0.6 is 0 Å². The number of rotatable bonds is 3. The zero-order chi connectivity index (χ0) is 14.5. The fourth-order valence-corrected chi connectivity index (χ4v) is 4.29. The molecule has 110 valence electrons. The van der Waals surface area contributed by atoms with Gasteiger partial charge in [-0.25, -0.2) is 4.39 Å². The van der Waals surface area contributed by atoms with E-state index in [-0.39, 0.29) is 23.9 Å². The van der Waals surface area contributed by atoms with E-state index in [0.717, 1.165) is 12.3 Å². The highest BCUT2D eigenvalue weighted by Crippen LogP contribution is 2.66. The molecular weight excluding hydrogens is 253 g/mol. The van der Waals surface area contributed by atoms with Crippen molar-refractivity contribution >= 4 is 5.69 Å². The van der Waals surface area contributed by atoms with Crippen LogP contribution in [-0.2, 0) is 11.3 Å². The summed E-state index contributed by atoms with van der Waals surface area (Å²) in [5.74, 6) is 0.466. The van der Waals surface area contributed by atoms with Crippen molar-refractivity contribution in [3.63, 3.8) is 0 Å². The van der Waals surface area contributed by atoms with Gasteiger partial charge in [0.1, 0.15) is 5.82 Å². The molecule has 20 heavy (non-hydrogen) atoms. The van der Waals surface area contributed by atoms with Crippen molar-refractivity contribution in [1.82, 2.24) is 0 Å². The first-order valence-electron chi connectivity index (χ1n) is 7.51. The summed E-state index contributed by atoms with van der Waals surface area (Å²) in [6.07, 6.45) is 3.82. The molecular formula is C17H24FNO. The topological polar surface area (TPSA) is 35.2 Å². The van der Waals surface area contributed by atoms with Gasteiger partial charge in [-0.15, -0.1) is 0 Å². The Bertz CT molecular complexity index is 507. The highest BCUT2D eigenvalue weighted by Gasteiger charge is 2.61. The summed E-state index contributed by atoms with van der Waals surface area (Å²) in [4.78, 5) is 0. The highest BCUT2D eigenvalue weighted by molar-refractivity contribution is 5.46. The lowest BCUT2D eigenvalue weighted by atomic mass is 9.70. The van der Waals surface area contributed by atoms with E-state index in [1.165, 1.54) is 18.9 Å². The van der Waals surface area contributed by atoms with E-state index in [0.29, 0.717) is 16.7 Å². The Hall–Kier alpha value is -1.09. The lowest BCUT2D eigenvalue weighted by Gasteiger charge is -2.39. The van der Waals surface area contributed by atoms with Gasteiger partial charge in [-0.05, 0) is 48.1 Å². The summed E-state index contributed by atoms with van der Waals surface area (Å²) >= 11 is 0. The van der Waals surface area contributed by atoms with Crippen molar-refractivity contribution < 1.29 is 9.13 Å². The molecule has 1 aromatic rings. The number of anilines is 1. The fourth-order valence-electron chi connectivity index (χ4n) is 4.29. The molecule has 0 amide bonds. The summed E-state index contributed by atoms with van der Waals surface area (Å²) in [7, 11) is 0. The van der Waals surface area contributed by atoms with Crippen molar-refractivity contribution in [2.75, 3.05) is 5.73 Å². The highest BCUT2D eigenvalue weighted by atomic mass is 19.1. The number of hydrogen-bond acceptors (Lipinski definition) is 2. The van der Waals surface area contributed by atoms with E-state index in [4.69, 9.17) is 10.5 Å². The van der Waals surface area contributed by atoms with Gasteiger partial charge in [0.15, 0.2) is 0 Å². The molecule has 0 aliphatic heterocycles. The molecule has 1 aromatic carbocycles. The van der Waals surface area contributed by atoms with E-state index in [9.17, 15) is 4.39 Å². The Labute approximate surface area is 120 Å². The normalized spacial score (nSPS) is 34.6. The smallest absolute Gasteiger partial charge is 0.130 e. The monoisotopic (exact) mass is 277 g/mol. The van der Waals surface area contributed by atoms with Crippen LogP contribution in [0.3, 0.4) is 0 Å². The van der Waals surface area contributed by atoms with Gasteiger partial charge < -0.3 is 10.5 Å². The summed E-state index contributed by atoms with van der Waals surface area (Å²) in [5, 5.41) is 0. The lowest BCUT2D eigenvalue weighted by Crippen LogP contribution is -2.37. The minimum atomic E-state index is -0.266. The molecule has 3 atom stereocenters. The largest absolute Gasteiger partial charge is 0.398 e. The van der Waals surface area contributed by atoms with Crippen LogP contribution in [0.5, 0.6) is 0 Å². The van der Waals surface area contributed by atoms with Gasteiger partial charge in [0.25, 0.3) is 0 Å². The van der Waals surface area contributed by atoms with Crippen LogP contribution < -0.4 is 5.73 Å². The maximum Gasteiger partial charge on any atom is 0.130 e. The van der Waals surface area contributed by atoms with Crippen LogP contribution in [0.1, 0.15) is 45.6 Å².